The fourth-order valence-electron chi connectivity index (χ4n) is 4.98. The Morgan fingerprint density at radius 1 is 0.756 bits per heavy atom. The average Bonchev–Trinajstić information content (AvgIpc) is 2.99. The zero-order chi connectivity index (χ0) is 28.8. The molecule has 2 amide bonds. The van der Waals surface area contributed by atoms with E-state index in [2.05, 4.69) is 10.6 Å². The number of ether oxygens (including phenoxy) is 2. The van der Waals surface area contributed by atoms with Crippen molar-refractivity contribution in [2.24, 2.45) is 0 Å². The van der Waals surface area contributed by atoms with Crippen molar-refractivity contribution in [1.82, 2.24) is 10.6 Å². The first-order valence-corrected chi connectivity index (χ1v) is 13.5. The third-order valence-electron chi connectivity index (χ3n) is 7.05. The number of carbonyl (C=O) groups is 4. The van der Waals surface area contributed by atoms with Crippen LogP contribution in [0.25, 0.3) is 11.1 Å². The number of carbonyl (C=O) groups excluding carboxylic acids is 4. The van der Waals surface area contributed by atoms with Crippen LogP contribution in [0.1, 0.15) is 62.7 Å². The van der Waals surface area contributed by atoms with Crippen molar-refractivity contribution in [2.45, 2.75) is 39.0 Å². The van der Waals surface area contributed by atoms with Gasteiger partial charge in [-0.05, 0) is 52.0 Å². The van der Waals surface area contributed by atoms with E-state index >= 15 is 0 Å². The maximum atomic E-state index is 12.7. The highest BCUT2D eigenvalue weighted by Gasteiger charge is 2.28. The lowest BCUT2D eigenvalue weighted by atomic mass is 9.87. The van der Waals surface area contributed by atoms with Gasteiger partial charge < -0.3 is 20.1 Å². The van der Waals surface area contributed by atoms with Gasteiger partial charge in [-0.1, -0.05) is 74.0 Å². The van der Waals surface area contributed by atoms with Crippen LogP contribution in [0.4, 0.5) is 0 Å². The molecule has 2 aliphatic heterocycles. The molecule has 0 aromatic heterocycles. The van der Waals surface area contributed by atoms with Gasteiger partial charge in [0.1, 0.15) is 13.2 Å². The third-order valence-corrected chi connectivity index (χ3v) is 7.05. The highest BCUT2D eigenvalue weighted by Crippen LogP contribution is 2.29. The summed E-state index contributed by atoms with van der Waals surface area (Å²) >= 11 is 0. The van der Waals surface area contributed by atoms with E-state index in [-0.39, 0.29) is 37.6 Å². The number of hydrogen-bond donors (Lipinski definition) is 2. The van der Waals surface area contributed by atoms with Crippen LogP contribution in [0.3, 0.4) is 0 Å². The molecule has 5 rings (SSSR count). The average molecular weight is 551 g/mol. The van der Waals surface area contributed by atoms with Crippen LogP contribution in [0.5, 0.6) is 0 Å². The Morgan fingerprint density at radius 3 is 1.90 bits per heavy atom. The highest BCUT2D eigenvalue weighted by molar-refractivity contribution is 6.07. The van der Waals surface area contributed by atoms with Crippen LogP contribution < -0.4 is 10.6 Å². The van der Waals surface area contributed by atoms with Crippen molar-refractivity contribution in [3.05, 3.63) is 118 Å². The van der Waals surface area contributed by atoms with E-state index in [0.717, 1.165) is 34.2 Å². The first kappa shape index (κ1) is 27.6. The highest BCUT2D eigenvalue weighted by atomic mass is 16.5. The van der Waals surface area contributed by atoms with E-state index in [9.17, 15) is 19.2 Å². The van der Waals surface area contributed by atoms with Gasteiger partial charge in [0.15, 0.2) is 0 Å². The summed E-state index contributed by atoms with van der Waals surface area (Å²) in [6.45, 7) is 2.44. The maximum Gasteiger partial charge on any atom is 0.331 e. The Balaban J connectivity index is 1.17. The molecule has 0 saturated carbocycles. The number of esters is 2. The Hall–Kier alpha value is -4.98. The first-order valence-electron chi connectivity index (χ1n) is 13.5. The zero-order valence-electron chi connectivity index (χ0n) is 22.6. The molecule has 8 nitrogen and oxygen atoms in total. The molecule has 8 heteroatoms. The van der Waals surface area contributed by atoms with Crippen LogP contribution in [0.15, 0.2) is 84.9 Å². The predicted molar refractivity (Wildman–Crippen MR) is 153 cm³/mol. The smallest absolute Gasteiger partial charge is 0.331 e. The quantitative estimate of drug-likeness (QED) is 0.313. The summed E-state index contributed by atoms with van der Waals surface area (Å²) < 4.78 is 10.9. The topological polar surface area (TPSA) is 111 Å². The van der Waals surface area contributed by atoms with Crippen molar-refractivity contribution >= 4 is 34.9 Å². The number of nitrogens with one attached hydrogen (secondary N) is 2. The SMILES string of the molecule is CCC[C@@H]1NC(=O)c2ccccc2/C1=C/C(=O)OCc1ccc(COC(=O)/C=C2\CNC(=O)c3ccccc32)cc1. The van der Waals surface area contributed by atoms with Crippen LogP contribution in [-0.2, 0) is 32.3 Å². The predicted octanol–water partition coefficient (Wildman–Crippen LogP) is 4.60. The van der Waals surface area contributed by atoms with Crippen molar-refractivity contribution in [3.63, 3.8) is 0 Å². The molecule has 2 N–H and O–H groups in total. The minimum atomic E-state index is -0.501. The largest absolute Gasteiger partial charge is 0.458 e. The summed E-state index contributed by atoms with van der Waals surface area (Å²) in [5.74, 6) is -1.29. The molecule has 1 atom stereocenters. The molecule has 0 unspecified atom stereocenters. The van der Waals surface area contributed by atoms with E-state index in [0.29, 0.717) is 23.1 Å². The monoisotopic (exact) mass is 550 g/mol. The Morgan fingerprint density at radius 2 is 1.29 bits per heavy atom. The zero-order valence-corrected chi connectivity index (χ0v) is 22.6. The van der Waals surface area contributed by atoms with Crippen LogP contribution >= 0.6 is 0 Å². The number of hydrogen-bond acceptors (Lipinski definition) is 6. The third kappa shape index (κ3) is 6.44. The standard InChI is InChI=1S/C33H30N2O6/c1-2-7-29-28(25-9-4-6-11-27(25)33(39)35-29)17-31(37)41-20-22-14-12-21(13-15-22)19-40-30(36)16-23-18-34-32(38)26-10-5-3-8-24(23)26/h3-6,8-17,29H,2,7,18-20H2,1H3,(H,34,38)(H,35,39)/b23-16+,28-17-/t29-/m0/s1. The first-order chi connectivity index (χ1) is 19.9. The molecule has 41 heavy (non-hydrogen) atoms. The minimum Gasteiger partial charge on any atom is -0.458 e. The van der Waals surface area contributed by atoms with Gasteiger partial charge in [0, 0.05) is 29.8 Å². The summed E-state index contributed by atoms with van der Waals surface area (Å²) in [7, 11) is 0. The molecule has 2 aliphatic rings. The fraction of sp³-hybridized carbons (Fsp3) is 0.212. The Bertz CT molecular complexity index is 1550. The molecule has 3 aromatic carbocycles. The second-order valence-electron chi connectivity index (χ2n) is 9.89. The Kier molecular flexibility index (Phi) is 8.39. The molecule has 0 saturated heterocycles. The van der Waals surface area contributed by atoms with Crippen LogP contribution in [0.2, 0.25) is 0 Å². The molecule has 0 radical (unpaired) electrons. The molecule has 0 spiro atoms. The van der Waals surface area contributed by atoms with Gasteiger partial charge in [-0.15, -0.1) is 0 Å². The molecule has 2 heterocycles. The van der Waals surface area contributed by atoms with E-state index < -0.39 is 11.9 Å². The lowest BCUT2D eigenvalue weighted by Crippen LogP contribution is -2.40. The molecule has 0 fully saturated rings. The fourth-order valence-corrected chi connectivity index (χ4v) is 4.98. The van der Waals surface area contributed by atoms with Gasteiger partial charge in [-0.25, -0.2) is 9.59 Å². The lowest BCUT2D eigenvalue weighted by molar-refractivity contribution is -0.139. The van der Waals surface area contributed by atoms with Gasteiger partial charge in [0.25, 0.3) is 11.8 Å². The van der Waals surface area contributed by atoms with E-state index in [1.54, 1.807) is 24.3 Å². The van der Waals surface area contributed by atoms with Gasteiger partial charge in [-0.2, -0.15) is 0 Å². The summed E-state index contributed by atoms with van der Waals surface area (Å²) in [6, 6.07) is 21.4. The number of rotatable bonds is 8. The Labute approximate surface area is 238 Å². The number of fused-ring (bicyclic) bond motifs is 2. The number of amides is 2. The van der Waals surface area contributed by atoms with Crippen molar-refractivity contribution in [1.29, 1.82) is 0 Å². The van der Waals surface area contributed by atoms with E-state index in [1.807, 2.05) is 55.5 Å². The molecular formula is C33H30N2O6. The van der Waals surface area contributed by atoms with E-state index in [1.165, 1.54) is 12.2 Å². The normalized spacial score (nSPS) is 17.7. The maximum absolute atomic E-state index is 12.7. The van der Waals surface area contributed by atoms with Crippen molar-refractivity contribution < 1.29 is 28.7 Å². The van der Waals surface area contributed by atoms with Crippen LogP contribution in [-0.4, -0.2) is 36.3 Å². The summed E-state index contributed by atoms with van der Waals surface area (Å²) in [4.78, 5) is 49.7. The van der Waals surface area contributed by atoms with E-state index in [4.69, 9.17) is 9.47 Å². The molecule has 3 aromatic rings. The summed E-state index contributed by atoms with van der Waals surface area (Å²) in [6.07, 6.45) is 4.44. The summed E-state index contributed by atoms with van der Waals surface area (Å²) in [5, 5.41) is 5.75. The summed E-state index contributed by atoms with van der Waals surface area (Å²) in [5.41, 5.74) is 5.55. The second kappa shape index (κ2) is 12.5. The molecular weight excluding hydrogens is 520 g/mol. The van der Waals surface area contributed by atoms with Gasteiger partial charge >= 0.3 is 11.9 Å². The van der Waals surface area contributed by atoms with Gasteiger partial charge in [0.2, 0.25) is 0 Å². The van der Waals surface area contributed by atoms with Crippen molar-refractivity contribution in [3.8, 4) is 0 Å². The van der Waals surface area contributed by atoms with Crippen LogP contribution in [0, 0.1) is 0 Å². The van der Waals surface area contributed by atoms with Crippen molar-refractivity contribution in [2.75, 3.05) is 6.54 Å². The van der Waals surface area contributed by atoms with Gasteiger partial charge in [-0.3, -0.25) is 9.59 Å². The molecule has 0 aliphatic carbocycles. The van der Waals surface area contributed by atoms with Gasteiger partial charge in [0.05, 0.1) is 6.04 Å². The molecule has 0 bridgehead atoms. The lowest BCUT2D eigenvalue weighted by Gasteiger charge is -2.28. The molecule has 208 valence electrons. The minimum absolute atomic E-state index is 0.0758. The number of benzene rings is 3. The second-order valence-corrected chi connectivity index (χ2v) is 9.89.